The summed E-state index contributed by atoms with van der Waals surface area (Å²) in [6.45, 7) is -0.433. The van der Waals surface area contributed by atoms with Crippen molar-refractivity contribution < 1.29 is 60.9 Å². The zero-order chi connectivity index (χ0) is 50.5. The van der Waals surface area contributed by atoms with Crippen molar-refractivity contribution >= 4 is 24.1 Å². The van der Waals surface area contributed by atoms with E-state index in [1.165, 1.54) is 44.5 Å². The molecule has 10 rings (SSSR count). The lowest BCUT2D eigenvalue weighted by Gasteiger charge is -2.35. The van der Waals surface area contributed by atoms with Crippen molar-refractivity contribution in [1.82, 2.24) is 0 Å². The Hall–Kier alpha value is -6.58. The Bertz CT molecular complexity index is 2730. The molecule has 4 aliphatic carbocycles. The van der Waals surface area contributed by atoms with Crippen molar-refractivity contribution in [2.45, 2.75) is 75.1 Å². The number of aliphatic hydroxyl groups is 7. The van der Waals surface area contributed by atoms with Crippen LogP contribution in [0.25, 0.3) is 12.2 Å². The minimum atomic E-state index is -1.53. The number of hydrogen-bond donors (Lipinski definition) is 10. The lowest BCUT2D eigenvalue weighted by molar-refractivity contribution is -0.635. The molecule has 0 aliphatic heterocycles. The number of aromatic carboxylic acids is 2. The van der Waals surface area contributed by atoms with E-state index < -0.39 is 66.0 Å². The van der Waals surface area contributed by atoms with E-state index in [0.29, 0.717) is 12.8 Å². The summed E-state index contributed by atoms with van der Waals surface area (Å²) < 4.78 is 0. The second kappa shape index (κ2) is 21.8. The monoisotopic (exact) mass is 960 g/mol. The Kier molecular flexibility index (Phi) is 15.6. The van der Waals surface area contributed by atoms with E-state index in [2.05, 4.69) is 72.8 Å². The summed E-state index contributed by atoms with van der Waals surface area (Å²) in [5, 5.41) is 88.0. The minimum Gasteiger partial charge on any atom is -0.478 e. The van der Waals surface area contributed by atoms with Crippen LogP contribution in [-0.2, 0) is 38.5 Å². The summed E-state index contributed by atoms with van der Waals surface area (Å²) in [6.07, 6.45) is 2.38. The second-order valence-electron chi connectivity index (χ2n) is 19.3. The van der Waals surface area contributed by atoms with Crippen LogP contribution in [0.4, 0.5) is 0 Å². The van der Waals surface area contributed by atoms with Gasteiger partial charge in [-0.2, -0.15) is 0 Å². The maximum absolute atomic E-state index is 11.5. The number of likely N-dealkylation sites (N-methyl/N-ethyl adjacent to an activating group) is 1. The lowest BCUT2D eigenvalue weighted by atomic mass is 9.70. The number of fused-ring (bicyclic) bond motifs is 4. The van der Waals surface area contributed by atoms with Gasteiger partial charge >= 0.3 is 11.9 Å². The summed E-state index contributed by atoms with van der Waals surface area (Å²) in [5.74, 6) is -1.85. The number of carbonyl (C=O) groups is 2. The molecule has 0 amide bonds. The molecule has 12 nitrogen and oxygen atoms in total. The standard InChI is InChI=1S/2C26H22O3.C7H17NO5/c2*27-24-23-8-4-3-7-21(23)16-26(24,15-17-9-11-18(12-10-17)25(28)29)22-13-19-5-1-2-6-20(19)14-22;1-8-2-4(10)6(12)7(13)5(11)3-9/h2*1-13,24,27H,14-16H2,(H,28,29);4-13H,2-3H2,1H3/p+1/t2*24-,26+;/m11./s1. The fraction of sp³-hybridized carbons (Fsp3) is 0.288. The van der Waals surface area contributed by atoms with Gasteiger partial charge in [-0.15, -0.1) is 0 Å². The molecule has 0 heterocycles. The van der Waals surface area contributed by atoms with Crippen LogP contribution in [0.2, 0.25) is 0 Å². The van der Waals surface area contributed by atoms with E-state index in [0.717, 1.165) is 47.9 Å². The van der Waals surface area contributed by atoms with Crippen LogP contribution in [0.3, 0.4) is 0 Å². The van der Waals surface area contributed by atoms with E-state index >= 15 is 0 Å². The first kappa shape index (κ1) is 50.8. The van der Waals surface area contributed by atoms with Gasteiger partial charge < -0.3 is 51.3 Å². The molecule has 71 heavy (non-hydrogen) atoms. The number of quaternary nitrogens is 1. The van der Waals surface area contributed by atoms with Crippen LogP contribution in [-0.4, -0.2) is 103 Å². The summed E-state index contributed by atoms with van der Waals surface area (Å²) in [4.78, 5) is 22.4. The minimum absolute atomic E-state index is 0.219. The van der Waals surface area contributed by atoms with Crippen molar-refractivity contribution in [3.05, 3.63) is 224 Å². The van der Waals surface area contributed by atoms with Crippen molar-refractivity contribution in [1.29, 1.82) is 0 Å². The average molecular weight is 961 g/mol. The molecule has 8 atom stereocenters. The molecule has 12 heteroatoms. The first-order valence-corrected chi connectivity index (χ1v) is 24.0. The van der Waals surface area contributed by atoms with Gasteiger partial charge in [0.1, 0.15) is 31.0 Å². The van der Waals surface area contributed by atoms with Gasteiger partial charge in [0.2, 0.25) is 0 Å². The first-order chi connectivity index (χ1) is 34.2. The quantitative estimate of drug-likeness (QED) is 0.0673. The molecule has 0 saturated carbocycles. The largest absolute Gasteiger partial charge is 0.478 e. The van der Waals surface area contributed by atoms with Crippen molar-refractivity contribution in [3.8, 4) is 0 Å². The van der Waals surface area contributed by atoms with Crippen LogP contribution < -0.4 is 5.32 Å². The number of carboxylic acid groups (broad SMARTS) is 2. The Morgan fingerprint density at radius 2 is 0.901 bits per heavy atom. The SMILES string of the molecule is C[NH2+]CC(O)C(O)C(O)C(O)CO.O=C(O)c1ccc(C[C@@]2(C3=Cc4ccccc4C3)Cc3ccccc3[C@H]2O)cc1.O=C(O)c1ccc(C[C@@]2(C3=Cc4ccccc4C3)Cc3ccccc3[C@H]2O)cc1. The number of carboxylic acids is 2. The normalized spacial score (nSPS) is 21.9. The molecule has 0 radical (unpaired) electrons. The molecule has 6 aromatic carbocycles. The molecule has 0 fully saturated rings. The third-order valence-corrected chi connectivity index (χ3v) is 14.8. The Morgan fingerprint density at radius 1 is 0.535 bits per heavy atom. The molecule has 0 saturated heterocycles. The maximum Gasteiger partial charge on any atom is 0.335 e. The van der Waals surface area contributed by atoms with Gasteiger partial charge in [-0.1, -0.05) is 145 Å². The Balaban J connectivity index is 0.000000154. The van der Waals surface area contributed by atoms with Gasteiger partial charge in [-0.3, -0.25) is 0 Å². The van der Waals surface area contributed by atoms with Crippen molar-refractivity contribution in [3.63, 3.8) is 0 Å². The van der Waals surface area contributed by atoms with Crippen LogP contribution in [0.15, 0.2) is 157 Å². The number of benzene rings is 6. The molecule has 4 unspecified atom stereocenters. The van der Waals surface area contributed by atoms with Gasteiger partial charge in [-0.05, 0) is 118 Å². The first-order valence-electron chi connectivity index (χ1n) is 24.0. The van der Waals surface area contributed by atoms with Crippen LogP contribution in [0.5, 0.6) is 0 Å². The molecule has 6 aromatic rings. The fourth-order valence-corrected chi connectivity index (χ4v) is 10.9. The Morgan fingerprint density at radius 3 is 1.25 bits per heavy atom. The molecular formula is C59H62NO11+. The third kappa shape index (κ3) is 10.6. The van der Waals surface area contributed by atoms with Crippen molar-refractivity contribution in [2.75, 3.05) is 20.2 Å². The molecule has 368 valence electrons. The smallest absolute Gasteiger partial charge is 0.335 e. The predicted molar refractivity (Wildman–Crippen MR) is 269 cm³/mol. The molecule has 0 bridgehead atoms. The number of hydrogen-bond acceptors (Lipinski definition) is 9. The zero-order valence-corrected chi connectivity index (χ0v) is 39.6. The molecule has 0 aromatic heterocycles. The van der Waals surface area contributed by atoms with Gasteiger partial charge in [0.05, 0.1) is 37.0 Å². The van der Waals surface area contributed by atoms with Gasteiger partial charge in [0.25, 0.3) is 0 Å². The highest BCUT2D eigenvalue weighted by atomic mass is 16.4. The zero-order valence-electron chi connectivity index (χ0n) is 39.6. The van der Waals surface area contributed by atoms with E-state index in [4.69, 9.17) is 15.3 Å². The Labute approximate surface area is 413 Å². The molecule has 11 N–H and O–H groups in total. The maximum atomic E-state index is 11.5. The molecular weight excluding hydrogens is 899 g/mol. The van der Waals surface area contributed by atoms with Crippen molar-refractivity contribution in [2.24, 2.45) is 10.8 Å². The van der Waals surface area contributed by atoms with Crippen LogP contribution >= 0.6 is 0 Å². The van der Waals surface area contributed by atoms with E-state index in [9.17, 15) is 40.2 Å². The highest BCUT2D eigenvalue weighted by Gasteiger charge is 2.50. The summed E-state index contributed by atoms with van der Waals surface area (Å²) in [7, 11) is 1.70. The fourth-order valence-electron chi connectivity index (χ4n) is 10.9. The highest BCUT2D eigenvalue weighted by Crippen LogP contribution is 2.56. The molecule has 0 spiro atoms. The van der Waals surface area contributed by atoms with E-state index in [1.807, 2.05) is 60.7 Å². The molecule has 4 aliphatic rings. The number of nitrogens with two attached hydrogens (primary N) is 1. The van der Waals surface area contributed by atoms with Gasteiger partial charge in [-0.25, -0.2) is 9.59 Å². The predicted octanol–water partition coefficient (Wildman–Crippen LogP) is 5.30. The van der Waals surface area contributed by atoms with E-state index in [-0.39, 0.29) is 17.7 Å². The summed E-state index contributed by atoms with van der Waals surface area (Å²) in [5.41, 5.74) is 13.8. The second-order valence-corrected chi connectivity index (χ2v) is 19.3. The number of aliphatic hydroxyl groups excluding tert-OH is 7. The summed E-state index contributed by atoms with van der Waals surface area (Å²) >= 11 is 0. The lowest BCUT2D eigenvalue weighted by Crippen LogP contribution is -2.83. The average Bonchev–Trinajstić information content (AvgIpc) is 4.16. The highest BCUT2D eigenvalue weighted by molar-refractivity contribution is 5.88. The van der Waals surface area contributed by atoms with Gasteiger partial charge in [0.15, 0.2) is 0 Å². The number of rotatable bonds is 14. The van der Waals surface area contributed by atoms with E-state index in [1.54, 1.807) is 36.6 Å². The topological polar surface area (TPSA) is 233 Å². The van der Waals surface area contributed by atoms with Crippen LogP contribution in [0, 0.1) is 10.8 Å². The van der Waals surface area contributed by atoms with Crippen LogP contribution in [0.1, 0.15) is 88.6 Å². The van der Waals surface area contributed by atoms with Gasteiger partial charge in [0, 0.05) is 10.8 Å². The summed E-state index contributed by atoms with van der Waals surface area (Å²) in [6, 6.07) is 47.2. The third-order valence-electron chi connectivity index (χ3n) is 14.8.